The molecule has 1 amide bonds. The van der Waals surface area contributed by atoms with Gasteiger partial charge in [0.15, 0.2) is 5.01 Å². The number of rotatable bonds is 8. The van der Waals surface area contributed by atoms with Crippen molar-refractivity contribution in [2.75, 3.05) is 20.3 Å². The minimum absolute atomic E-state index is 0.344. The van der Waals surface area contributed by atoms with Gasteiger partial charge in [-0.25, -0.2) is 10.8 Å². The van der Waals surface area contributed by atoms with Crippen molar-refractivity contribution in [1.82, 2.24) is 15.3 Å². The number of carbonyl (C=O) groups excluding carboxylic acids is 1. The molecule has 0 saturated carbocycles. The van der Waals surface area contributed by atoms with Gasteiger partial charge in [0.25, 0.3) is 5.91 Å². The van der Waals surface area contributed by atoms with Crippen molar-refractivity contribution < 1.29 is 9.53 Å². The maximum Gasteiger partial charge on any atom is 0.294 e. The van der Waals surface area contributed by atoms with E-state index in [4.69, 9.17) is 10.6 Å². The van der Waals surface area contributed by atoms with Crippen LogP contribution in [0.3, 0.4) is 0 Å². The highest BCUT2D eigenvalue weighted by atomic mass is 32.1. The number of aromatic nitrogens is 1. The Bertz CT molecular complexity index is 397. The van der Waals surface area contributed by atoms with Crippen LogP contribution in [0.2, 0.25) is 0 Å². The number of hydrogen-bond acceptors (Lipinski definition) is 6. The number of nitrogen functional groups attached to an aromatic ring is 1. The van der Waals surface area contributed by atoms with Crippen LogP contribution in [0.1, 0.15) is 35.8 Å². The predicted molar refractivity (Wildman–Crippen MR) is 75.8 cm³/mol. The molecular weight excluding hydrogens is 264 g/mol. The van der Waals surface area contributed by atoms with Gasteiger partial charge in [0.1, 0.15) is 0 Å². The molecule has 0 radical (unpaired) electrons. The van der Waals surface area contributed by atoms with Crippen molar-refractivity contribution in [2.24, 2.45) is 5.84 Å². The van der Waals surface area contributed by atoms with E-state index in [9.17, 15) is 4.79 Å². The molecule has 1 rings (SSSR count). The van der Waals surface area contributed by atoms with Crippen molar-refractivity contribution in [2.45, 2.75) is 32.9 Å². The van der Waals surface area contributed by atoms with Gasteiger partial charge in [-0.2, -0.15) is 0 Å². The van der Waals surface area contributed by atoms with E-state index in [-0.39, 0.29) is 5.91 Å². The van der Waals surface area contributed by atoms with E-state index >= 15 is 0 Å². The van der Waals surface area contributed by atoms with Crippen molar-refractivity contribution in [3.05, 3.63) is 16.1 Å². The SMILES string of the molecule is CCC(C)N(CCOC)Cc1csc(C(=O)NN)n1. The van der Waals surface area contributed by atoms with Gasteiger partial charge in [0.05, 0.1) is 12.3 Å². The fourth-order valence-electron chi connectivity index (χ4n) is 1.68. The van der Waals surface area contributed by atoms with E-state index in [0.29, 0.717) is 24.2 Å². The molecule has 0 bridgehead atoms. The van der Waals surface area contributed by atoms with Gasteiger partial charge in [-0.3, -0.25) is 15.1 Å². The lowest BCUT2D eigenvalue weighted by molar-refractivity contribution is 0.0952. The Balaban J connectivity index is 2.67. The maximum atomic E-state index is 11.4. The van der Waals surface area contributed by atoms with Crippen LogP contribution >= 0.6 is 11.3 Å². The molecule has 0 saturated heterocycles. The second-order valence-electron chi connectivity index (χ2n) is 4.34. The fraction of sp³-hybridized carbons (Fsp3) is 0.667. The van der Waals surface area contributed by atoms with Gasteiger partial charge < -0.3 is 4.74 Å². The van der Waals surface area contributed by atoms with Crippen LogP contribution in [-0.4, -0.2) is 42.1 Å². The summed E-state index contributed by atoms with van der Waals surface area (Å²) in [7, 11) is 1.70. The first-order valence-corrected chi connectivity index (χ1v) is 7.18. The number of carbonyl (C=O) groups is 1. The van der Waals surface area contributed by atoms with Crippen molar-refractivity contribution in [3.63, 3.8) is 0 Å². The highest BCUT2D eigenvalue weighted by Gasteiger charge is 2.15. The van der Waals surface area contributed by atoms with E-state index in [0.717, 1.165) is 18.7 Å². The highest BCUT2D eigenvalue weighted by Crippen LogP contribution is 2.14. The first-order chi connectivity index (χ1) is 9.12. The molecule has 1 heterocycles. The molecule has 1 aromatic rings. The number of methoxy groups -OCH3 is 1. The number of nitrogens with two attached hydrogens (primary N) is 1. The lowest BCUT2D eigenvalue weighted by Gasteiger charge is -2.27. The molecule has 108 valence electrons. The summed E-state index contributed by atoms with van der Waals surface area (Å²) in [5.74, 6) is 4.75. The van der Waals surface area contributed by atoms with Gasteiger partial charge in [-0.1, -0.05) is 6.92 Å². The van der Waals surface area contributed by atoms with E-state index in [1.165, 1.54) is 11.3 Å². The summed E-state index contributed by atoms with van der Waals surface area (Å²) >= 11 is 1.31. The molecule has 7 heteroatoms. The van der Waals surface area contributed by atoms with Crippen LogP contribution in [0.15, 0.2) is 5.38 Å². The lowest BCUT2D eigenvalue weighted by atomic mass is 10.2. The van der Waals surface area contributed by atoms with Gasteiger partial charge in [0.2, 0.25) is 0 Å². The summed E-state index contributed by atoms with van der Waals surface area (Å²) in [6.07, 6.45) is 1.06. The topological polar surface area (TPSA) is 80.5 Å². The Morgan fingerprint density at radius 1 is 1.68 bits per heavy atom. The molecule has 0 spiro atoms. The third kappa shape index (κ3) is 4.87. The quantitative estimate of drug-likeness (QED) is 0.423. The number of ether oxygens (including phenoxy) is 1. The zero-order valence-corrected chi connectivity index (χ0v) is 12.5. The van der Waals surface area contributed by atoms with E-state index in [2.05, 4.69) is 29.2 Å². The van der Waals surface area contributed by atoms with Gasteiger partial charge in [0, 0.05) is 31.6 Å². The Labute approximate surface area is 117 Å². The summed E-state index contributed by atoms with van der Waals surface area (Å²) in [5.41, 5.74) is 2.98. The summed E-state index contributed by atoms with van der Waals surface area (Å²) in [5, 5.41) is 2.29. The van der Waals surface area contributed by atoms with Crippen LogP contribution in [0.5, 0.6) is 0 Å². The maximum absolute atomic E-state index is 11.4. The van der Waals surface area contributed by atoms with Crippen LogP contribution in [0, 0.1) is 0 Å². The summed E-state index contributed by atoms with van der Waals surface area (Å²) < 4.78 is 5.13. The molecule has 0 fully saturated rings. The predicted octanol–water partition coefficient (Wildman–Crippen LogP) is 0.993. The first-order valence-electron chi connectivity index (χ1n) is 6.30. The molecule has 0 aliphatic carbocycles. The first kappa shape index (κ1) is 16.0. The van der Waals surface area contributed by atoms with E-state index in [1.807, 2.05) is 5.38 Å². The zero-order valence-electron chi connectivity index (χ0n) is 11.7. The number of thiazole rings is 1. The van der Waals surface area contributed by atoms with Crippen molar-refractivity contribution in [1.29, 1.82) is 0 Å². The smallest absolute Gasteiger partial charge is 0.294 e. The van der Waals surface area contributed by atoms with Crippen molar-refractivity contribution in [3.8, 4) is 0 Å². The van der Waals surface area contributed by atoms with Gasteiger partial charge in [-0.05, 0) is 13.3 Å². The number of hydrazine groups is 1. The van der Waals surface area contributed by atoms with E-state index < -0.39 is 0 Å². The molecule has 6 nitrogen and oxygen atoms in total. The number of nitrogens with zero attached hydrogens (tertiary/aromatic N) is 2. The molecule has 1 aromatic heterocycles. The second kappa shape index (κ2) is 8.21. The largest absolute Gasteiger partial charge is 0.383 e. The third-order valence-corrected chi connectivity index (χ3v) is 3.93. The van der Waals surface area contributed by atoms with Gasteiger partial charge in [-0.15, -0.1) is 11.3 Å². The zero-order chi connectivity index (χ0) is 14.3. The Morgan fingerprint density at radius 3 is 3.00 bits per heavy atom. The average Bonchev–Trinajstić information content (AvgIpc) is 2.90. The Kier molecular flexibility index (Phi) is 6.93. The molecule has 0 aliphatic rings. The van der Waals surface area contributed by atoms with Gasteiger partial charge >= 0.3 is 0 Å². The van der Waals surface area contributed by atoms with Crippen molar-refractivity contribution >= 4 is 17.2 Å². The fourth-order valence-corrected chi connectivity index (χ4v) is 2.39. The Hall–Kier alpha value is -1.02. The minimum Gasteiger partial charge on any atom is -0.383 e. The standard InChI is InChI=1S/C12H22N4O2S/c1-4-9(2)16(5-6-18-3)7-10-8-19-12(14-10)11(17)15-13/h8-9H,4-7,13H2,1-3H3,(H,15,17). The lowest BCUT2D eigenvalue weighted by Crippen LogP contribution is -2.35. The van der Waals surface area contributed by atoms with E-state index in [1.54, 1.807) is 7.11 Å². The average molecular weight is 286 g/mol. The summed E-state index contributed by atoms with van der Waals surface area (Å²) in [6.45, 7) is 6.58. The number of amides is 1. The Morgan fingerprint density at radius 2 is 2.42 bits per heavy atom. The summed E-state index contributed by atoms with van der Waals surface area (Å²) in [4.78, 5) is 17.9. The normalized spacial score (nSPS) is 12.7. The summed E-state index contributed by atoms with van der Waals surface area (Å²) in [6, 6.07) is 0.448. The molecule has 0 aliphatic heterocycles. The van der Waals surface area contributed by atoms with Crippen LogP contribution in [-0.2, 0) is 11.3 Å². The third-order valence-electron chi connectivity index (χ3n) is 3.04. The molecule has 1 atom stereocenters. The second-order valence-corrected chi connectivity index (χ2v) is 5.20. The molecular formula is C12H22N4O2S. The number of nitrogens with one attached hydrogen (secondary N) is 1. The molecule has 0 aromatic carbocycles. The van der Waals surface area contributed by atoms with Crippen LogP contribution < -0.4 is 11.3 Å². The molecule has 3 N–H and O–H groups in total. The van der Waals surface area contributed by atoms with Crippen LogP contribution in [0.4, 0.5) is 0 Å². The van der Waals surface area contributed by atoms with Crippen LogP contribution in [0.25, 0.3) is 0 Å². The number of hydrogen-bond donors (Lipinski definition) is 2. The monoisotopic (exact) mass is 286 g/mol. The molecule has 19 heavy (non-hydrogen) atoms. The highest BCUT2D eigenvalue weighted by molar-refractivity contribution is 7.11. The molecule has 1 unspecified atom stereocenters. The minimum atomic E-state index is -0.344.